The second-order valence-electron chi connectivity index (χ2n) is 7.94. The molecule has 0 unspecified atom stereocenters. The van der Waals surface area contributed by atoms with Crippen LogP contribution in [0.4, 0.5) is 0 Å². The number of ether oxygens (including phenoxy) is 2. The Labute approximate surface area is 195 Å². The maximum absolute atomic E-state index is 12.8. The normalized spacial score (nSPS) is 14.3. The summed E-state index contributed by atoms with van der Waals surface area (Å²) < 4.78 is 17.3. The van der Waals surface area contributed by atoms with E-state index in [1.54, 1.807) is 41.0 Å². The van der Waals surface area contributed by atoms with Gasteiger partial charge >= 0.3 is 5.63 Å². The van der Waals surface area contributed by atoms with Crippen molar-refractivity contribution in [1.29, 1.82) is 0 Å². The zero-order valence-electron chi connectivity index (χ0n) is 19.4. The van der Waals surface area contributed by atoms with Gasteiger partial charge < -0.3 is 24.1 Å². The summed E-state index contributed by atoms with van der Waals surface area (Å²) in [6, 6.07) is 6.71. The fraction of sp³-hybridized carbons (Fsp3) is 0.391. The molecule has 0 aliphatic carbocycles. The third kappa shape index (κ3) is 4.74. The second kappa shape index (κ2) is 9.96. The molecule has 0 spiro atoms. The van der Waals surface area contributed by atoms with Gasteiger partial charge in [0.2, 0.25) is 5.88 Å². The number of hydrogen-bond acceptors (Lipinski definition) is 8. The van der Waals surface area contributed by atoms with Crippen molar-refractivity contribution in [2.24, 2.45) is 7.05 Å². The Morgan fingerprint density at radius 2 is 1.88 bits per heavy atom. The fourth-order valence-corrected chi connectivity index (χ4v) is 3.97. The smallest absolute Gasteiger partial charge is 0.349 e. The van der Waals surface area contributed by atoms with Gasteiger partial charge in [-0.25, -0.2) is 4.79 Å². The molecule has 2 amide bonds. The van der Waals surface area contributed by atoms with E-state index in [0.29, 0.717) is 67.4 Å². The molecule has 1 fully saturated rings. The minimum Gasteiger partial charge on any atom is -0.493 e. The molecule has 2 aromatic heterocycles. The number of methoxy groups -OCH3 is 2. The van der Waals surface area contributed by atoms with Crippen molar-refractivity contribution >= 4 is 22.8 Å². The first kappa shape index (κ1) is 23.3. The van der Waals surface area contributed by atoms with E-state index in [1.165, 1.54) is 20.3 Å². The minimum atomic E-state index is -0.715. The molecule has 1 N–H and O–H groups in total. The molecule has 11 nitrogen and oxygen atoms in total. The Morgan fingerprint density at radius 1 is 1.12 bits per heavy atom. The maximum atomic E-state index is 12.8. The molecule has 1 aliphatic heterocycles. The van der Waals surface area contributed by atoms with Gasteiger partial charge in [0, 0.05) is 57.9 Å². The summed E-state index contributed by atoms with van der Waals surface area (Å²) in [7, 11) is 4.72. The minimum absolute atomic E-state index is 0.0541. The molecule has 3 aromatic rings. The zero-order valence-corrected chi connectivity index (χ0v) is 19.4. The zero-order chi connectivity index (χ0) is 24.2. The summed E-state index contributed by atoms with van der Waals surface area (Å²) in [4.78, 5) is 41.6. The molecular formula is C23H27N5O6. The summed E-state index contributed by atoms with van der Waals surface area (Å²) >= 11 is 0. The van der Waals surface area contributed by atoms with Crippen LogP contribution in [0, 0.1) is 0 Å². The van der Waals surface area contributed by atoms with Crippen LogP contribution in [0.1, 0.15) is 20.7 Å². The largest absolute Gasteiger partial charge is 0.493 e. The molecule has 0 atom stereocenters. The Kier molecular flexibility index (Phi) is 6.82. The number of aromatic nitrogens is 2. The monoisotopic (exact) mass is 469 g/mol. The quantitative estimate of drug-likeness (QED) is 0.503. The van der Waals surface area contributed by atoms with Gasteiger partial charge in [-0.1, -0.05) is 12.1 Å². The van der Waals surface area contributed by atoms with Crippen LogP contribution in [-0.4, -0.2) is 84.9 Å². The third-order valence-electron chi connectivity index (χ3n) is 5.78. The first-order chi connectivity index (χ1) is 16.4. The van der Waals surface area contributed by atoms with E-state index in [1.807, 2.05) is 0 Å². The first-order valence-electron chi connectivity index (χ1n) is 10.9. The van der Waals surface area contributed by atoms with Crippen molar-refractivity contribution in [3.63, 3.8) is 0 Å². The lowest BCUT2D eigenvalue weighted by Crippen LogP contribution is -2.50. The molecule has 34 heavy (non-hydrogen) atoms. The summed E-state index contributed by atoms with van der Waals surface area (Å²) in [5.74, 6) is 0.143. The van der Waals surface area contributed by atoms with Crippen LogP contribution in [0.2, 0.25) is 0 Å². The van der Waals surface area contributed by atoms with Crippen LogP contribution in [0.25, 0.3) is 11.0 Å². The summed E-state index contributed by atoms with van der Waals surface area (Å²) in [5, 5.41) is 7.52. The number of fused-ring (bicyclic) bond motifs is 1. The van der Waals surface area contributed by atoms with E-state index in [0.717, 1.165) is 0 Å². The highest BCUT2D eigenvalue weighted by molar-refractivity contribution is 5.97. The predicted molar refractivity (Wildman–Crippen MR) is 123 cm³/mol. The Morgan fingerprint density at radius 3 is 2.59 bits per heavy atom. The first-order valence-corrected chi connectivity index (χ1v) is 10.9. The van der Waals surface area contributed by atoms with Gasteiger partial charge in [-0.15, -0.1) is 5.10 Å². The topological polar surface area (TPSA) is 119 Å². The van der Waals surface area contributed by atoms with E-state index in [9.17, 15) is 14.4 Å². The molecule has 0 saturated carbocycles. The third-order valence-corrected chi connectivity index (χ3v) is 5.78. The average molecular weight is 469 g/mol. The van der Waals surface area contributed by atoms with E-state index in [-0.39, 0.29) is 11.5 Å². The van der Waals surface area contributed by atoms with Crippen molar-refractivity contribution in [3.05, 3.63) is 52.0 Å². The van der Waals surface area contributed by atoms with E-state index in [2.05, 4.69) is 15.3 Å². The van der Waals surface area contributed by atoms with Crippen LogP contribution in [0.3, 0.4) is 0 Å². The van der Waals surface area contributed by atoms with Gasteiger partial charge in [-0.3, -0.25) is 19.2 Å². The molecular weight excluding hydrogens is 442 g/mol. The highest BCUT2D eigenvalue weighted by atomic mass is 16.5. The van der Waals surface area contributed by atoms with Crippen LogP contribution in [0.15, 0.2) is 39.7 Å². The number of aryl methyl sites for hydroxylation is 1. The highest BCUT2D eigenvalue weighted by Crippen LogP contribution is 2.24. The number of carbonyl (C=O) groups excluding carboxylic acids is 2. The average Bonchev–Trinajstić information content (AvgIpc) is 3.23. The van der Waals surface area contributed by atoms with Gasteiger partial charge in [-0.05, 0) is 12.1 Å². The maximum Gasteiger partial charge on any atom is 0.349 e. The van der Waals surface area contributed by atoms with Gasteiger partial charge in [0.1, 0.15) is 11.1 Å². The number of para-hydroxylation sites is 1. The number of nitrogens with zero attached hydrogens (tertiary/aromatic N) is 4. The summed E-state index contributed by atoms with van der Waals surface area (Å²) in [6.07, 6.45) is 1.66. The molecule has 0 bridgehead atoms. The van der Waals surface area contributed by atoms with Gasteiger partial charge in [0.15, 0.2) is 11.3 Å². The Balaban J connectivity index is 1.29. The molecule has 1 aromatic carbocycles. The van der Waals surface area contributed by atoms with Crippen LogP contribution >= 0.6 is 0 Å². The highest BCUT2D eigenvalue weighted by Gasteiger charge is 2.26. The number of piperazine rings is 1. The van der Waals surface area contributed by atoms with Crippen molar-refractivity contribution < 1.29 is 23.5 Å². The van der Waals surface area contributed by atoms with Gasteiger partial charge in [0.25, 0.3) is 11.8 Å². The fourth-order valence-electron chi connectivity index (χ4n) is 3.97. The molecule has 1 aliphatic rings. The molecule has 3 heterocycles. The predicted octanol–water partition coefficient (Wildman–Crippen LogP) is 0.732. The molecule has 0 radical (unpaired) electrons. The van der Waals surface area contributed by atoms with Crippen molar-refractivity contribution in [3.8, 4) is 11.6 Å². The van der Waals surface area contributed by atoms with Crippen LogP contribution in [0.5, 0.6) is 11.6 Å². The number of nitrogens with one attached hydrogen (secondary N) is 1. The molecule has 1 saturated heterocycles. The van der Waals surface area contributed by atoms with Crippen molar-refractivity contribution in [1.82, 2.24) is 24.9 Å². The number of hydrogen-bond donors (Lipinski definition) is 1. The number of amides is 2. The van der Waals surface area contributed by atoms with E-state index < -0.39 is 11.5 Å². The van der Waals surface area contributed by atoms with Crippen LogP contribution < -0.4 is 20.4 Å². The number of carbonyl (C=O) groups is 2. The number of benzene rings is 1. The van der Waals surface area contributed by atoms with Gasteiger partial charge in [-0.2, -0.15) is 0 Å². The molecule has 180 valence electrons. The lowest BCUT2D eigenvalue weighted by molar-refractivity contribution is 0.0634. The van der Waals surface area contributed by atoms with Gasteiger partial charge in [0.05, 0.1) is 14.2 Å². The van der Waals surface area contributed by atoms with Crippen molar-refractivity contribution in [2.45, 2.75) is 0 Å². The Bertz CT molecular complexity index is 1260. The second-order valence-corrected chi connectivity index (χ2v) is 7.94. The SMILES string of the molecule is COc1nn(C)cc1C(=O)N1CCN(CCNC(=O)c2cc3cccc(OC)c3oc2=O)CC1. The number of rotatable bonds is 7. The van der Waals surface area contributed by atoms with E-state index >= 15 is 0 Å². The standard InChI is InChI=1S/C23H27N5O6/c1-26-14-17(21(25-26)33-3)22(30)28-11-9-27(10-12-28)8-7-24-20(29)16-13-15-5-4-6-18(32-2)19(15)34-23(16)31/h4-6,13-14H,7-12H2,1-3H3,(H,24,29). The lowest BCUT2D eigenvalue weighted by Gasteiger charge is -2.34. The van der Waals surface area contributed by atoms with E-state index in [4.69, 9.17) is 13.9 Å². The molecule has 4 rings (SSSR count). The molecule has 11 heteroatoms. The van der Waals surface area contributed by atoms with Crippen LogP contribution in [-0.2, 0) is 7.05 Å². The van der Waals surface area contributed by atoms with Crippen molar-refractivity contribution in [2.75, 3.05) is 53.5 Å². The summed E-state index contributed by atoms with van der Waals surface area (Å²) in [5.41, 5.74) is -0.0190. The Hall–Kier alpha value is -3.86. The summed E-state index contributed by atoms with van der Waals surface area (Å²) in [6.45, 7) is 3.40. The lowest BCUT2D eigenvalue weighted by atomic mass is 10.1.